The van der Waals surface area contributed by atoms with Gasteiger partial charge in [-0.3, -0.25) is 9.59 Å². The molecule has 2 heterocycles. The Morgan fingerprint density at radius 2 is 1.79 bits per heavy atom. The number of nitrogens with zero attached hydrogens (tertiary/aromatic N) is 4. The van der Waals surface area contributed by atoms with Crippen LogP contribution in [0.25, 0.3) is 0 Å². The summed E-state index contributed by atoms with van der Waals surface area (Å²) in [5.41, 5.74) is 2.30. The van der Waals surface area contributed by atoms with Crippen molar-refractivity contribution in [1.82, 2.24) is 15.1 Å². The molecule has 1 aliphatic heterocycles. The highest BCUT2D eigenvalue weighted by Crippen LogP contribution is 2.23. The fraction of sp³-hybridized carbons (Fsp3) is 0.304. The van der Waals surface area contributed by atoms with Crippen molar-refractivity contribution in [3.05, 3.63) is 65.0 Å². The van der Waals surface area contributed by atoms with E-state index in [4.69, 9.17) is 16.0 Å². The van der Waals surface area contributed by atoms with Crippen LogP contribution in [0.1, 0.15) is 23.2 Å². The predicted molar refractivity (Wildman–Crippen MR) is 129 cm³/mol. The summed E-state index contributed by atoms with van der Waals surface area (Å²) in [7, 11) is 0. The Balaban J connectivity index is 1.26. The van der Waals surface area contributed by atoms with E-state index in [9.17, 15) is 9.59 Å². The first-order valence-electron chi connectivity index (χ1n) is 10.7. The fourth-order valence-electron chi connectivity index (χ4n) is 3.49. The molecular weight excluding hydrogens is 462 g/mol. The highest BCUT2D eigenvalue weighted by atomic mass is 35.5. The van der Waals surface area contributed by atoms with Crippen LogP contribution in [-0.2, 0) is 11.2 Å². The summed E-state index contributed by atoms with van der Waals surface area (Å²) in [4.78, 5) is 29.0. The Labute approximate surface area is 201 Å². The molecule has 172 valence electrons. The minimum Gasteiger partial charge on any atom is -0.416 e. The smallest absolute Gasteiger partial charge is 0.277 e. The van der Waals surface area contributed by atoms with E-state index in [2.05, 4.69) is 20.4 Å². The lowest BCUT2D eigenvalue weighted by molar-refractivity contribution is -0.113. The summed E-state index contributed by atoms with van der Waals surface area (Å²) < 4.78 is 5.39. The van der Waals surface area contributed by atoms with E-state index in [0.29, 0.717) is 41.2 Å². The molecule has 8 nitrogen and oxygen atoms in total. The molecule has 0 spiro atoms. The van der Waals surface area contributed by atoms with Crippen molar-refractivity contribution in [2.24, 2.45) is 0 Å². The van der Waals surface area contributed by atoms with Gasteiger partial charge in [0.25, 0.3) is 11.1 Å². The third-order valence-electron chi connectivity index (χ3n) is 5.26. The number of aromatic nitrogens is 2. The van der Waals surface area contributed by atoms with Crippen molar-refractivity contribution in [3.8, 4) is 0 Å². The van der Waals surface area contributed by atoms with E-state index >= 15 is 0 Å². The summed E-state index contributed by atoms with van der Waals surface area (Å²) >= 11 is 7.38. The van der Waals surface area contributed by atoms with E-state index in [1.807, 2.05) is 48.2 Å². The summed E-state index contributed by atoms with van der Waals surface area (Å²) in [6, 6.07) is 14.8. The van der Waals surface area contributed by atoms with Crippen LogP contribution in [0.3, 0.4) is 0 Å². The van der Waals surface area contributed by atoms with Crippen molar-refractivity contribution in [2.75, 3.05) is 42.1 Å². The number of piperazine rings is 1. The molecule has 0 saturated carbocycles. The average Bonchev–Trinajstić information content (AvgIpc) is 3.32. The lowest BCUT2D eigenvalue weighted by atomic mass is 10.1. The molecule has 2 aromatic carbocycles. The first-order chi connectivity index (χ1) is 16.0. The van der Waals surface area contributed by atoms with E-state index < -0.39 is 0 Å². The molecule has 0 atom stereocenters. The minimum atomic E-state index is -0.143. The van der Waals surface area contributed by atoms with Gasteiger partial charge in [-0.15, -0.1) is 10.2 Å². The van der Waals surface area contributed by atoms with Crippen molar-refractivity contribution >= 4 is 46.6 Å². The molecule has 2 amide bonds. The Morgan fingerprint density at radius 3 is 2.45 bits per heavy atom. The number of anilines is 2. The number of carbonyl (C=O) groups is 2. The zero-order chi connectivity index (χ0) is 23.2. The maximum Gasteiger partial charge on any atom is 0.277 e. The predicted octanol–water partition coefficient (Wildman–Crippen LogP) is 3.98. The standard InChI is InChI=1S/C23H24ClN5O3S/c1-2-21-26-27-23(32-21)33-15-20(30)25-16-7-9-17(10-8-16)28-11-13-29(14-12-28)22(31)18-5-3-4-6-19(18)24/h3-10H,2,11-15H2,1H3,(H,25,30). The van der Waals surface area contributed by atoms with Gasteiger partial charge in [0.2, 0.25) is 11.8 Å². The van der Waals surface area contributed by atoms with Gasteiger partial charge in [-0.1, -0.05) is 42.4 Å². The Morgan fingerprint density at radius 1 is 1.06 bits per heavy atom. The number of thioether (sulfide) groups is 1. The van der Waals surface area contributed by atoms with Gasteiger partial charge in [0.1, 0.15) is 0 Å². The van der Waals surface area contributed by atoms with E-state index in [1.165, 1.54) is 11.8 Å². The second-order valence-electron chi connectivity index (χ2n) is 7.46. The summed E-state index contributed by atoms with van der Waals surface area (Å²) in [5.74, 6) is 0.565. The number of rotatable bonds is 7. The molecule has 10 heteroatoms. The number of amides is 2. The number of benzene rings is 2. The van der Waals surface area contributed by atoms with Crippen molar-refractivity contribution in [3.63, 3.8) is 0 Å². The first-order valence-corrected chi connectivity index (χ1v) is 12.0. The molecule has 0 bridgehead atoms. The summed E-state index contributed by atoms with van der Waals surface area (Å²) in [6.45, 7) is 4.62. The molecule has 33 heavy (non-hydrogen) atoms. The second-order valence-corrected chi connectivity index (χ2v) is 8.79. The van der Waals surface area contributed by atoms with E-state index in [1.54, 1.807) is 12.1 Å². The quantitative estimate of drug-likeness (QED) is 0.506. The highest BCUT2D eigenvalue weighted by Gasteiger charge is 2.23. The van der Waals surface area contributed by atoms with Gasteiger partial charge >= 0.3 is 0 Å². The molecule has 0 aliphatic carbocycles. The van der Waals surface area contributed by atoms with Crippen LogP contribution in [-0.4, -0.2) is 58.8 Å². The highest BCUT2D eigenvalue weighted by molar-refractivity contribution is 7.99. The van der Waals surface area contributed by atoms with Crippen LogP contribution >= 0.6 is 23.4 Å². The number of hydrogen-bond donors (Lipinski definition) is 1. The topological polar surface area (TPSA) is 91.6 Å². The van der Waals surface area contributed by atoms with Gasteiger partial charge in [-0.2, -0.15) is 0 Å². The lowest BCUT2D eigenvalue weighted by Crippen LogP contribution is -2.48. The minimum absolute atomic E-state index is 0.0392. The van der Waals surface area contributed by atoms with Crippen molar-refractivity contribution in [2.45, 2.75) is 18.6 Å². The first kappa shape index (κ1) is 23.1. The zero-order valence-corrected chi connectivity index (χ0v) is 19.7. The van der Waals surface area contributed by atoms with Gasteiger partial charge in [0.05, 0.1) is 16.3 Å². The summed E-state index contributed by atoms with van der Waals surface area (Å²) in [5, 5.41) is 11.5. The lowest BCUT2D eigenvalue weighted by Gasteiger charge is -2.36. The third-order valence-corrected chi connectivity index (χ3v) is 6.41. The normalized spacial score (nSPS) is 13.8. The average molecular weight is 486 g/mol. The molecule has 4 rings (SSSR count). The van der Waals surface area contributed by atoms with Crippen LogP contribution in [0.4, 0.5) is 11.4 Å². The van der Waals surface area contributed by atoms with Crippen LogP contribution in [0, 0.1) is 0 Å². The molecule has 1 fully saturated rings. The summed E-state index contributed by atoms with van der Waals surface area (Å²) in [6.07, 6.45) is 0.666. The van der Waals surface area contributed by atoms with Gasteiger partial charge in [-0.05, 0) is 36.4 Å². The maximum atomic E-state index is 12.7. The van der Waals surface area contributed by atoms with Gasteiger partial charge in [-0.25, -0.2) is 0 Å². The number of carbonyl (C=O) groups excluding carboxylic acids is 2. The van der Waals surface area contributed by atoms with Crippen molar-refractivity contribution in [1.29, 1.82) is 0 Å². The van der Waals surface area contributed by atoms with E-state index in [-0.39, 0.29) is 17.6 Å². The Bertz CT molecular complexity index is 1110. The second kappa shape index (κ2) is 10.7. The molecular formula is C23H24ClN5O3S. The van der Waals surface area contributed by atoms with Gasteiger partial charge in [0, 0.05) is 44.0 Å². The SMILES string of the molecule is CCc1nnc(SCC(=O)Nc2ccc(N3CCN(C(=O)c4ccccc4Cl)CC3)cc2)o1. The number of hydrogen-bond acceptors (Lipinski definition) is 7. The molecule has 1 aromatic heterocycles. The van der Waals surface area contributed by atoms with Crippen molar-refractivity contribution < 1.29 is 14.0 Å². The molecule has 1 aliphatic rings. The van der Waals surface area contributed by atoms with E-state index in [0.717, 1.165) is 24.5 Å². The maximum absolute atomic E-state index is 12.7. The zero-order valence-electron chi connectivity index (χ0n) is 18.2. The van der Waals surface area contributed by atoms with Crippen LogP contribution in [0.5, 0.6) is 0 Å². The van der Waals surface area contributed by atoms with Crippen LogP contribution in [0.15, 0.2) is 58.2 Å². The monoisotopic (exact) mass is 485 g/mol. The molecule has 1 saturated heterocycles. The third kappa shape index (κ3) is 5.85. The molecule has 0 radical (unpaired) electrons. The number of halogens is 1. The molecule has 0 unspecified atom stereocenters. The van der Waals surface area contributed by atoms with Gasteiger partial charge < -0.3 is 19.5 Å². The Kier molecular flexibility index (Phi) is 7.51. The molecule has 3 aromatic rings. The van der Waals surface area contributed by atoms with Gasteiger partial charge in [0.15, 0.2) is 0 Å². The van der Waals surface area contributed by atoms with Crippen LogP contribution in [0.2, 0.25) is 5.02 Å². The molecule has 1 N–H and O–H groups in total. The number of nitrogens with one attached hydrogen (secondary N) is 1. The largest absolute Gasteiger partial charge is 0.416 e. The fourth-order valence-corrected chi connectivity index (χ4v) is 4.29. The number of aryl methyl sites for hydroxylation is 1. The van der Waals surface area contributed by atoms with Crippen LogP contribution < -0.4 is 10.2 Å². The Hall–Kier alpha value is -3.04.